The highest BCUT2D eigenvalue weighted by molar-refractivity contribution is 5.98. The lowest BCUT2D eigenvalue weighted by Crippen LogP contribution is -2.43. The lowest BCUT2D eigenvalue weighted by atomic mass is 9.88. The van der Waals surface area contributed by atoms with Gasteiger partial charge in [-0.05, 0) is 75.1 Å². The average Bonchev–Trinajstić information content (AvgIpc) is 3.69. The molecule has 3 aliphatic heterocycles. The predicted molar refractivity (Wildman–Crippen MR) is 173 cm³/mol. The molecule has 0 saturated carbocycles. The van der Waals surface area contributed by atoms with Crippen molar-refractivity contribution in [3.8, 4) is 11.4 Å². The van der Waals surface area contributed by atoms with Crippen LogP contribution >= 0.6 is 0 Å². The summed E-state index contributed by atoms with van der Waals surface area (Å²) >= 11 is 0. The number of nitrogens with zero attached hydrogens (tertiary/aromatic N) is 5. The molecule has 2 aromatic carbocycles. The van der Waals surface area contributed by atoms with Crippen LogP contribution in [-0.4, -0.2) is 87.7 Å². The van der Waals surface area contributed by atoms with Crippen LogP contribution in [0.25, 0.3) is 27.9 Å². The molecule has 0 bridgehead atoms. The molecule has 4 aromatic rings. The average molecular weight is 624 g/mol. The summed E-state index contributed by atoms with van der Waals surface area (Å²) in [7, 11) is 0. The summed E-state index contributed by atoms with van der Waals surface area (Å²) in [5.74, 6) is 0.471. The second-order valence-electron chi connectivity index (χ2n) is 12.8. The number of benzene rings is 2. The van der Waals surface area contributed by atoms with Crippen LogP contribution in [0.5, 0.6) is 0 Å². The Kier molecular flexibility index (Phi) is 8.35. The molecule has 5 heterocycles. The summed E-state index contributed by atoms with van der Waals surface area (Å²) in [5, 5.41) is 11.9. The standard InChI is InChI=1S/C35H38FN7O3/c1-35(34(45)39-26-4-6-30-28(20-26)32(41-40-30)24-9-17-46-18-10-24)11-16-42(22-35)21-31(44)43-14-7-23(8-15-43)27-5-3-25(19-29(27)36)33-37-12-2-13-38-33/h2-7,12-13,19-20,24H,8-11,14-18,21-22H2,1H3,(H,39,45)(H,40,41)/t35-/m1/s1. The second-order valence-corrected chi connectivity index (χ2v) is 12.8. The van der Waals surface area contributed by atoms with Gasteiger partial charge in [-0.1, -0.05) is 18.2 Å². The maximum absolute atomic E-state index is 15.0. The Labute approximate surface area is 267 Å². The molecular formula is C35H38FN7O3. The molecule has 7 rings (SSSR count). The minimum atomic E-state index is -0.612. The Bertz CT molecular complexity index is 1790. The van der Waals surface area contributed by atoms with Crippen molar-refractivity contribution in [2.24, 2.45) is 5.41 Å². The lowest BCUT2D eigenvalue weighted by Gasteiger charge is -2.29. The molecule has 238 valence electrons. The van der Waals surface area contributed by atoms with Crippen molar-refractivity contribution in [2.75, 3.05) is 51.3 Å². The number of carbonyl (C=O) groups excluding carboxylic acids is 2. The molecule has 2 aromatic heterocycles. The van der Waals surface area contributed by atoms with E-state index in [4.69, 9.17) is 4.74 Å². The van der Waals surface area contributed by atoms with Gasteiger partial charge < -0.3 is 15.0 Å². The van der Waals surface area contributed by atoms with E-state index < -0.39 is 5.41 Å². The monoisotopic (exact) mass is 623 g/mol. The summed E-state index contributed by atoms with van der Waals surface area (Å²) in [4.78, 5) is 39.0. The quantitative estimate of drug-likeness (QED) is 0.297. The van der Waals surface area contributed by atoms with Crippen LogP contribution in [-0.2, 0) is 14.3 Å². The second kappa shape index (κ2) is 12.7. The zero-order valence-electron chi connectivity index (χ0n) is 26.0. The van der Waals surface area contributed by atoms with Crippen LogP contribution in [0, 0.1) is 11.2 Å². The topological polar surface area (TPSA) is 116 Å². The van der Waals surface area contributed by atoms with Crippen LogP contribution in [0.3, 0.4) is 0 Å². The van der Waals surface area contributed by atoms with Gasteiger partial charge in [0.15, 0.2) is 5.82 Å². The van der Waals surface area contributed by atoms with Crippen LogP contribution in [0.4, 0.5) is 10.1 Å². The summed E-state index contributed by atoms with van der Waals surface area (Å²) < 4.78 is 20.6. The number of fused-ring (bicyclic) bond motifs is 1. The molecule has 0 radical (unpaired) electrons. The van der Waals surface area contributed by atoms with Crippen LogP contribution in [0.2, 0.25) is 0 Å². The number of halogens is 1. The molecule has 11 heteroatoms. The Morgan fingerprint density at radius 1 is 1.11 bits per heavy atom. The minimum absolute atomic E-state index is 0.0167. The zero-order chi connectivity index (χ0) is 31.7. The molecule has 2 fully saturated rings. The molecule has 3 aliphatic rings. The number of H-pyrrole nitrogens is 1. The van der Waals surface area contributed by atoms with Gasteiger partial charge in [-0.3, -0.25) is 19.6 Å². The fraction of sp³-hybridized carbons (Fsp3) is 0.400. The first kappa shape index (κ1) is 30.2. The van der Waals surface area contributed by atoms with Gasteiger partial charge >= 0.3 is 0 Å². The summed E-state index contributed by atoms with van der Waals surface area (Å²) in [6.07, 6.45) is 8.32. The number of aromatic amines is 1. The lowest BCUT2D eigenvalue weighted by molar-refractivity contribution is -0.132. The smallest absolute Gasteiger partial charge is 0.237 e. The first-order valence-electron chi connectivity index (χ1n) is 16.0. The third kappa shape index (κ3) is 6.17. The fourth-order valence-electron chi connectivity index (χ4n) is 6.85. The Morgan fingerprint density at radius 2 is 1.93 bits per heavy atom. The number of amides is 2. The maximum Gasteiger partial charge on any atom is 0.237 e. The van der Waals surface area contributed by atoms with Gasteiger partial charge in [0.2, 0.25) is 11.8 Å². The van der Waals surface area contributed by atoms with Gasteiger partial charge in [0.25, 0.3) is 0 Å². The van der Waals surface area contributed by atoms with E-state index in [2.05, 4.69) is 30.4 Å². The molecule has 1 atom stereocenters. The number of carbonyl (C=O) groups is 2. The maximum atomic E-state index is 15.0. The number of anilines is 1. The minimum Gasteiger partial charge on any atom is -0.381 e. The Hall–Kier alpha value is -4.48. The van der Waals surface area contributed by atoms with Gasteiger partial charge in [-0.25, -0.2) is 14.4 Å². The van der Waals surface area contributed by atoms with E-state index in [1.165, 1.54) is 6.07 Å². The highest BCUT2D eigenvalue weighted by Gasteiger charge is 2.41. The third-order valence-electron chi connectivity index (χ3n) is 9.62. The Balaban J connectivity index is 0.940. The van der Waals surface area contributed by atoms with E-state index in [9.17, 15) is 9.59 Å². The molecule has 2 amide bonds. The molecule has 0 unspecified atom stereocenters. The van der Waals surface area contributed by atoms with E-state index in [0.717, 1.165) is 53.9 Å². The zero-order valence-corrected chi connectivity index (χ0v) is 26.0. The number of nitrogens with one attached hydrogen (secondary N) is 2. The van der Waals surface area contributed by atoms with Gasteiger partial charge in [0.1, 0.15) is 5.82 Å². The van der Waals surface area contributed by atoms with Crippen molar-refractivity contribution < 1.29 is 18.7 Å². The molecular weight excluding hydrogens is 585 g/mol. The van der Waals surface area contributed by atoms with Gasteiger partial charge in [0.05, 0.1) is 23.2 Å². The van der Waals surface area contributed by atoms with Crippen LogP contribution < -0.4 is 5.32 Å². The third-order valence-corrected chi connectivity index (χ3v) is 9.62. The first-order chi connectivity index (χ1) is 22.4. The molecule has 46 heavy (non-hydrogen) atoms. The van der Waals surface area contributed by atoms with Crippen molar-refractivity contribution >= 4 is 34.0 Å². The SMILES string of the molecule is C[C@@]1(C(=O)Nc2ccc3[nH]nc(C4CCOCC4)c3c2)CCN(CC(=O)N2CC=C(c3ccc(-c4ncccn4)cc3F)CC2)C1. The molecule has 2 N–H and O–H groups in total. The van der Waals surface area contributed by atoms with E-state index in [1.54, 1.807) is 29.4 Å². The van der Waals surface area contributed by atoms with Crippen LogP contribution in [0.1, 0.15) is 49.8 Å². The number of likely N-dealkylation sites (tertiary alicyclic amines) is 1. The van der Waals surface area contributed by atoms with Crippen molar-refractivity contribution in [3.05, 3.63) is 78.0 Å². The van der Waals surface area contributed by atoms with Gasteiger partial charge in [0, 0.05) is 73.4 Å². The number of hydrogen-bond acceptors (Lipinski definition) is 7. The summed E-state index contributed by atoms with van der Waals surface area (Å²) in [6.45, 7) is 5.82. The highest BCUT2D eigenvalue weighted by atomic mass is 19.1. The van der Waals surface area contributed by atoms with Crippen molar-refractivity contribution in [3.63, 3.8) is 0 Å². The van der Waals surface area contributed by atoms with E-state index in [0.29, 0.717) is 61.9 Å². The molecule has 0 spiro atoms. The van der Waals surface area contributed by atoms with E-state index in [-0.39, 0.29) is 24.2 Å². The Morgan fingerprint density at radius 3 is 2.70 bits per heavy atom. The molecule has 0 aliphatic carbocycles. The van der Waals surface area contributed by atoms with Crippen molar-refractivity contribution in [1.82, 2.24) is 30.0 Å². The van der Waals surface area contributed by atoms with Crippen molar-refractivity contribution in [1.29, 1.82) is 0 Å². The van der Waals surface area contributed by atoms with Crippen molar-refractivity contribution in [2.45, 2.75) is 38.5 Å². The number of hydrogen-bond donors (Lipinski definition) is 2. The molecule has 2 saturated heterocycles. The van der Waals surface area contributed by atoms with Crippen LogP contribution in [0.15, 0.2) is 60.9 Å². The van der Waals surface area contributed by atoms with Gasteiger partial charge in [-0.15, -0.1) is 0 Å². The van der Waals surface area contributed by atoms with E-state index in [1.807, 2.05) is 37.3 Å². The largest absolute Gasteiger partial charge is 0.381 e. The number of rotatable bonds is 7. The van der Waals surface area contributed by atoms with Gasteiger partial charge in [-0.2, -0.15) is 5.10 Å². The first-order valence-corrected chi connectivity index (χ1v) is 16.0. The highest BCUT2D eigenvalue weighted by Crippen LogP contribution is 2.35. The fourth-order valence-corrected chi connectivity index (χ4v) is 6.85. The number of ether oxygens (including phenoxy) is 1. The summed E-state index contributed by atoms with van der Waals surface area (Å²) in [5.41, 5.74) is 4.18. The normalized spacial score (nSPS) is 21.0. The number of aromatic nitrogens is 4. The van der Waals surface area contributed by atoms with E-state index >= 15 is 4.39 Å². The predicted octanol–water partition coefficient (Wildman–Crippen LogP) is 5.02. The molecule has 10 nitrogen and oxygen atoms in total. The summed E-state index contributed by atoms with van der Waals surface area (Å²) in [6, 6.07) is 12.7.